The first-order valence-electron chi connectivity index (χ1n) is 9.78. The molecule has 0 aliphatic rings. The van der Waals surface area contributed by atoms with E-state index in [1.807, 2.05) is 0 Å². The molecule has 0 unspecified atom stereocenters. The minimum absolute atomic E-state index is 0.750. The minimum Gasteiger partial charge on any atom is -0.516 e. The van der Waals surface area contributed by atoms with Gasteiger partial charge in [-0.1, -0.05) is 110 Å². The zero-order valence-corrected chi connectivity index (χ0v) is 15.3. The van der Waals surface area contributed by atoms with Crippen LogP contribution in [0.4, 0.5) is 0 Å². The van der Waals surface area contributed by atoms with Crippen LogP contribution in [-0.4, -0.2) is 11.7 Å². The van der Waals surface area contributed by atoms with Gasteiger partial charge in [0.05, 0.1) is 6.26 Å². The molecule has 0 spiro atoms. The fraction of sp³-hybridized carbons (Fsp3) is 0.900. The Morgan fingerprint density at radius 2 is 0.864 bits per heavy atom. The average molecular weight is 314 g/mol. The average Bonchev–Trinajstić information content (AvgIpc) is 2.52. The highest BCUT2D eigenvalue weighted by Gasteiger charge is 1.94. The lowest BCUT2D eigenvalue weighted by Gasteiger charge is -2.03. The summed E-state index contributed by atoms with van der Waals surface area (Å²) in [5.74, 6) is 0. The second-order valence-corrected chi connectivity index (χ2v) is 6.27. The van der Waals surface area contributed by atoms with E-state index in [0.29, 0.717) is 0 Å². The van der Waals surface area contributed by atoms with E-state index in [1.54, 1.807) is 0 Å². The van der Waals surface area contributed by atoms with E-state index in [9.17, 15) is 0 Å². The molecule has 0 bridgehead atoms. The fourth-order valence-corrected chi connectivity index (χ4v) is 2.69. The van der Waals surface area contributed by atoms with Crippen molar-refractivity contribution in [3.63, 3.8) is 0 Å². The molecule has 134 valence electrons. The molecular formula is C20H43NO. The predicted molar refractivity (Wildman–Crippen MR) is 101 cm³/mol. The summed E-state index contributed by atoms with van der Waals surface area (Å²) in [4.78, 5) is 0. The predicted octanol–water partition coefficient (Wildman–Crippen LogP) is 6.89. The van der Waals surface area contributed by atoms with Crippen LogP contribution < -0.4 is 5.73 Å². The number of unbranched alkanes of at least 4 members (excludes halogenated alkanes) is 15. The molecule has 0 aliphatic heterocycles. The maximum Gasteiger partial charge on any atom is 0.0719 e. The van der Waals surface area contributed by atoms with E-state index in [0.717, 1.165) is 12.8 Å². The molecule has 0 heterocycles. The Morgan fingerprint density at radius 1 is 0.636 bits per heavy atom. The number of rotatable bonds is 16. The summed E-state index contributed by atoms with van der Waals surface area (Å²) in [6.07, 6.45) is 23.6. The zero-order valence-electron chi connectivity index (χ0n) is 15.3. The normalized spacial score (nSPS) is 10.1. The lowest BCUT2D eigenvalue weighted by atomic mass is 10.0. The maximum absolute atomic E-state index is 7.33. The van der Waals surface area contributed by atoms with Crippen molar-refractivity contribution in [1.82, 2.24) is 0 Å². The molecule has 2 nitrogen and oxygen atoms in total. The summed E-state index contributed by atoms with van der Waals surface area (Å²) in [6.45, 7) is 6.08. The summed E-state index contributed by atoms with van der Waals surface area (Å²) in [6, 6.07) is 0. The SMILES string of the molecule is C=CO.CCCCCCCCCCCCCCCCCCN. The first-order chi connectivity index (χ1) is 10.8. The first kappa shape index (κ1) is 23.8. The highest BCUT2D eigenvalue weighted by Crippen LogP contribution is 2.13. The van der Waals surface area contributed by atoms with Gasteiger partial charge >= 0.3 is 0 Å². The summed E-state index contributed by atoms with van der Waals surface area (Å²) in [5, 5.41) is 7.33. The Hall–Kier alpha value is -0.500. The molecule has 0 atom stereocenters. The Labute approximate surface area is 140 Å². The van der Waals surface area contributed by atoms with E-state index in [1.165, 1.54) is 103 Å². The lowest BCUT2D eigenvalue weighted by molar-refractivity contribution is 0.476. The van der Waals surface area contributed by atoms with Gasteiger partial charge in [0.2, 0.25) is 0 Å². The number of aliphatic hydroxyl groups is 1. The summed E-state index contributed by atoms with van der Waals surface area (Å²) in [7, 11) is 0. The third kappa shape index (κ3) is 27.8. The van der Waals surface area contributed by atoms with Gasteiger partial charge < -0.3 is 10.8 Å². The molecule has 0 aliphatic carbocycles. The minimum atomic E-state index is 0.750. The van der Waals surface area contributed by atoms with Gasteiger partial charge in [-0.25, -0.2) is 0 Å². The summed E-state index contributed by atoms with van der Waals surface area (Å²) < 4.78 is 0. The van der Waals surface area contributed by atoms with Crippen LogP contribution in [0.5, 0.6) is 0 Å². The van der Waals surface area contributed by atoms with Crippen LogP contribution >= 0.6 is 0 Å². The Morgan fingerprint density at radius 3 is 1.09 bits per heavy atom. The van der Waals surface area contributed by atoms with E-state index in [2.05, 4.69) is 13.5 Å². The van der Waals surface area contributed by atoms with Gasteiger partial charge in [0, 0.05) is 0 Å². The lowest BCUT2D eigenvalue weighted by Crippen LogP contribution is -1.97. The van der Waals surface area contributed by atoms with Crippen LogP contribution in [0.25, 0.3) is 0 Å². The van der Waals surface area contributed by atoms with Crippen molar-refractivity contribution in [3.05, 3.63) is 12.8 Å². The van der Waals surface area contributed by atoms with E-state index < -0.39 is 0 Å². The van der Waals surface area contributed by atoms with Gasteiger partial charge in [0.15, 0.2) is 0 Å². The zero-order chi connectivity index (χ0) is 16.7. The molecule has 0 radical (unpaired) electrons. The second-order valence-electron chi connectivity index (χ2n) is 6.27. The molecule has 0 rings (SSSR count). The first-order valence-corrected chi connectivity index (χ1v) is 9.78. The van der Waals surface area contributed by atoms with Gasteiger partial charge in [0.1, 0.15) is 0 Å². The van der Waals surface area contributed by atoms with Gasteiger partial charge in [0.25, 0.3) is 0 Å². The van der Waals surface area contributed by atoms with Gasteiger partial charge in [-0.15, -0.1) is 0 Å². The largest absolute Gasteiger partial charge is 0.516 e. The van der Waals surface area contributed by atoms with Crippen molar-refractivity contribution in [2.24, 2.45) is 5.73 Å². The molecular weight excluding hydrogens is 270 g/mol. The van der Waals surface area contributed by atoms with Crippen LogP contribution in [0.2, 0.25) is 0 Å². The molecule has 0 aromatic rings. The van der Waals surface area contributed by atoms with Crippen molar-refractivity contribution >= 4 is 0 Å². The van der Waals surface area contributed by atoms with Crippen molar-refractivity contribution in [2.75, 3.05) is 6.54 Å². The third-order valence-corrected chi connectivity index (χ3v) is 4.06. The molecule has 0 aromatic heterocycles. The monoisotopic (exact) mass is 313 g/mol. The summed E-state index contributed by atoms with van der Waals surface area (Å²) in [5.41, 5.74) is 5.48. The van der Waals surface area contributed by atoms with E-state index >= 15 is 0 Å². The number of hydrogen-bond acceptors (Lipinski definition) is 2. The van der Waals surface area contributed by atoms with Gasteiger partial charge in [-0.2, -0.15) is 0 Å². The van der Waals surface area contributed by atoms with Gasteiger partial charge in [-0.3, -0.25) is 0 Å². The van der Waals surface area contributed by atoms with Crippen molar-refractivity contribution in [2.45, 2.75) is 110 Å². The quantitative estimate of drug-likeness (QED) is 0.240. The molecule has 0 saturated heterocycles. The van der Waals surface area contributed by atoms with Crippen LogP contribution in [0.15, 0.2) is 12.8 Å². The van der Waals surface area contributed by atoms with Crippen LogP contribution in [-0.2, 0) is 0 Å². The number of nitrogens with two attached hydrogens (primary N) is 1. The molecule has 0 saturated carbocycles. The van der Waals surface area contributed by atoms with Gasteiger partial charge in [-0.05, 0) is 13.0 Å². The molecule has 2 heteroatoms. The smallest absolute Gasteiger partial charge is 0.0719 e. The van der Waals surface area contributed by atoms with Crippen LogP contribution in [0.3, 0.4) is 0 Å². The summed E-state index contributed by atoms with van der Waals surface area (Å²) >= 11 is 0. The van der Waals surface area contributed by atoms with Crippen molar-refractivity contribution in [1.29, 1.82) is 0 Å². The van der Waals surface area contributed by atoms with E-state index in [-0.39, 0.29) is 0 Å². The maximum atomic E-state index is 7.33. The second kappa shape index (κ2) is 25.5. The molecule has 22 heavy (non-hydrogen) atoms. The topological polar surface area (TPSA) is 46.2 Å². The van der Waals surface area contributed by atoms with Crippen LogP contribution in [0.1, 0.15) is 110 Å². The Balaban J connectivity index is 0. The van der Waals surface area contributed by atoms with Crippen molar-refractivity contribution < 1.29 is 5.11 Å². The molecule has 3 N–H and O–H groups in total. The molecule has 0 amide bonds. The Bertz CT molecular complexity index is 167. The van der Waals surface area contributed by atoms with E-state index in [4.69, 9.17) is 10.8 Å². The molecule has 0 fully saturated rings. The highest BCUT2D eigenvalue weighted by atomic mass is 16.2. The number of aliphatic hydroxyl groups excluding tert-OH is 1. The Kier molecular flexibility index (Phi) is 27.5. The molecule has 0 aromatic carbocycles. The standard InChI is InChI=1S/C18H39N.C2H4O/c1-2-3-4-5-6-7-8-9-10-11-12-13-14-15-16-17-18-19;1-2-3/h2-19H2,1H3;2-3H,1H2. The van der Waals surface area contributed by atoms with Crippen LogP contribution in [0, 0.1) is 0 Å². The third-order valence-electron chi connectivity index (χ3n) is 4.06. The highest BCUT2D eigenvalue weighted by molar-refractivity contribution is 4.50. The van der Waals surface area contributed by atoms with Crippen molar-refractivity contribution in [3.8, 4) is 0 Å². The number of hydrogen-bond donors (Lipinski definition) is 2. The fourth-order valence-electron chi connectivity index (χ4n) is 2.69.